The highest BCUT2D eigenvalue weighted by Gasteiger charge is 1.98. The standard InChI is InChI=1S/C13H14BrN3/c1-2-15-12-7-4-8-13(17-12)16-11-6-3-5-10(14)9-11/h3-9H,2H2,1H3,(H2,15,16,17). The predicted molar refractivity (Wildman–Crippen MR) is 75.8 cm³/mol. The molecule has 0 fully saturated rings. The lowest BCUT2D eigenvalue weighted by Gasteiger charge is -2.08. The van der Waals surface area contributed by atoms with Crippen LogP contribution in [0.4, 0.5) is 17.3 Å². The summed E-state index contributed by atoms with van der Waals surface area (Å²) in [6.45, 7) is 2.92. The predicted octanol–water partition coefficient (Wildman–Crippen LogP) is 4.02. The lowest BCUT2D eigenvalue weighted by molar-refractivity contribution is 1.16. The highest BCUT2D eigenvalue weighted by molar-refractivity contribution is 9.10. The van der Waals surface area contributed by atoms with Crippen molar-refractivity contribution >= 4 is 33.3 Å². The molecular weight excluding hydrogens is 278 g/mol. The Labute approximate surface area is 109 Å². The van der Waals surface area contributed by atoms with E-state index in [1.807, 2.05) is 42.5 Å². The molecule has 1 heterocycles. The number of pyridine rings is 1. The van der Waals surface area contributed by atoms with E-state index in [0.717, 1.165) is 28.3 Å². The van der Waals surface area contributed by atoms with Gasteiger partial charge in [-0.25, -0.2) is 4.98 Å². The number of nitrogens with one attached hydrogen (secondary N) is 2. The zero-order chi connectivity index (χ0) is 12.1. The second-order valence-corrected chi connectivity index (χ2v) is 4.49. The smallest absolute Gasteiger partial charge is 0.132 e. The maximum atomic E-state index is 4.45. The van der Waals surface area contributed by atoms with Crippen LogP contribution in [0.5, 0.6) is 0 Å². The van der Waals surface area contributed by atoms with Gasteiger partial charge in [-0.3, -0.25) is 0 Å². The molecule has 0 aliphatic rings. The molecule has 2 N–H and O–H groups in total. The van der Waals surface area contributed by atoms with Crippen molar-refractivity contribution in [2.24, 2.45) is 0 Å². The van der Waals surface area contributed by atoms with Crippen LogP contribution in [-0.4, -0.2) is 11.5 Å². The molecule has 3 nitrogen and oxygen atoms in total. The summed E-state index contributed by atoms with van der Waals surface area (Å²) in [5.74, 6) is 1.72. The molecule has 17 heavy (non-hydrogen) atoms. The van der Waals surface area contributed by atoms with Crippen molar-refractivity contribution in [3.63, 3.8) is 0 Å². The third-order valence-corrected chi connectivity index (χ3v) is 2.70. The van der Waals surface area contributed by atoms with Crippen molar-refractivity contribution in [1.82, 2.24) is 4.98 Å². The zero-order valence-corrected chi connectivity index (χ0v) is 11.2. The normalized spacial score (nSPS) is 10.0. The average molecular weight is 292 g/mol. The second kappa shape index (κ2) is 5.68. The largest absolute Gasteiger partial charge is 0.370 e. The lowest BCUT2D eigenvalue weighted by Crippen LogP contribution is -2.01. The van der Waals surface area contributed by atoms with Crippen molar-refractivity contribution < 1.29 is 0 Å². The number of hydrogen-bond acceptors (Lipinski definition) is 3. The SMILES string of the molecule is CCNc1cccc(Nc2cccc(Br)c2)n1. The summed E-state index contributed by atoms with van der Waals surface area (Å²) in [5, 5.41) is 6.45. The van der Waals surface area contributed by atoms with Crippen LogP contribution in [0.2, 0.25) is 0 Å². The summed E-state index contributed by atoms with van der Waals surface area (Å²) in [6, 6.07) is 13.9. The Kier molecular flexibility index (Phi) is 3.98. The van der Waals surface area contributed by atoms with Gasteiger partial charge in [0.1, 0.15) is 11.6 Å². The fraction of sp³-hybridized carbons (Fsp3) is 0.154. The first-order valence-electron chi connectivity index (χ1n) is 5.51. The van der Waals surface area contributed by atoms with Crippen LogP contribution in [0.3, 0.4) is 0 Å². The van der Waals surface area contributed by atoms with Crippen molar-refractivity contribution in [2.45, 2.75) is 6.92 Å². The molecule has 0 unspecified atom stereocenters. The summed E-state index contributed by atoms with van der Waals surface area (Å²) in [7, 11) is 0. The zero-order valence-electron chi connectivity index (χ0n) is 9.57. The van der Waals surface area contributed by atoms with Gasteiger partial charge >= 0.3 is 0 Å². The Morgan fingerprint density at radius 1 is 1.12 bits per heavy atom. The number of benzene rings is 1. The van der Waals surface area contributed by atoms with Gasteiger partial charge < -0.3 is 10.6 Å². The summed E-state index contributed by atoms with van der Waals surface area (Å²) in [4.78, 5) is 4.45. The molecule has 0 saturated heterocycles. The van der Waals surface area contributed by atoms with E-state index < -0.39 is 0 Å². The molecule has 4 heteroatoms. The van der Waals surface area contributed by atoms with E-state index in [-0.39, 0.29) is 0 Å². The van der Waals surface area contributed by atoms with E-state index >= 15 is 0 Å². The quantitative estimate of drug-likeness (QED) is 0.893. The van der Waals surface area contributed by atoms with Crippen LogP contribution in [0.25, 0.3) is 0 Å². The van der Waals surface area contributed by atoms with Crippen LogP contribution in [-0.2, 0) is 0 Å². The molecule has 0 bridgehead atoms. The first-order valence-corrected chi connectivity index (χ1v) is 6.31. The first kappa shape index (κ1) is 11.9. The topological polar surface area (TPSA) is 37.0 Å². The molecule has 2 rings (SSSR count). The molecule has 1 aromatic heterocycles. The van der Waals surface area contributed by atoms with Gasteiger partial charge in [-0.1, -0.05) is 28.1 Å². The van der Waals surface area contributed by atoms with Crippen LogP contribution in [0.1, 0.15) is 6.92 Å². The van der Waals surface area contributed by atoms with E-state index in [9.17, 15) is 0 Å². The van der Waals surface area contributed by atoms with E-state index in [0.29, 0.717) is 0 Å². The summed E-state index contributed by atoms with van der Waals surface area (Å²) in [6.07, 6.45) is 0. The van der Waals surface area contributed by atoms with E-state index in [2.05, 4.69) is 38.5 Å². The summed E-state index contributed by atoms with van der Waals surface area (Å²) < 4.78 is 1.05. The molecule has 88 valence electrons. The average Bonchev–Trinajstić information content (AvgIpc) is 2.30. The number of halogens is 1. The summed E-state index contributed by atoms with van der Waals surface area (Å²) >= 11 is 3.44. The minimum Gasteiger partial charge on any atom is -0.370 e. The van der Waals surface area contributed by atoms with Crippen molar-refractivity contribution in [3.8, 4) is 0 Å². The molecule has 2 aromatic rings. The maximum absolute atomic E-state index is 4.45. The molecule has 0 atom stereocenters. The van der Waals surface area contributed by atoms with Gasteiger partial charge in [-0.2, -0.15) is 0 Å². The number of hydrogen-bond donors (Lipinski definition) is 2. The first-order chi connectivity index (χ1) is 8.28. The number of rotatable bonds is 4. The van der Waals surface area contributed by atoms with E-state index in [1.165, 1.54) is 0 Å². The Hall–Kier alpha value is -1.55. The molecule has 1 aromatic carbocycles. The van der Waals surface area contributed by atoms with Gasteiger partial charge in [0, 0.05) is 16.7 Å². The summed E-state index contributed by atoms with van der Waals surface area (Å²) in [5.41, 5.74) is 1.01. The molecule has 0 spiro atoms. The molecular formula is C13H14BrN3. The molecule has 0 aliphatic carbocycles. The molecule has 0 saturated carbocycles. The molecule has 0 amide bonds. The van der Waals surface area contributed by atoms with Crippen LogP contribution >= 0.6 is 15.9 Å². The van der Waals surface area contributed by atoms with Crippen LogP contribution < -0.4 is 10.6 Å². The Morgan fingerprint density at radius 3 is 2.65 bits per heavy atom. The minimum atomic E-state index is 0.835. The van der Waals surface area contributed by atoms with E-state index in [1.54, 1.807) is 0 Å². The van der Waals surface area contributed by atoms with Gasteiger partial charge in [0.2, 0.25) is 0 Å². The molecule has 0 radical (unpaired) electrons. The number of nitrogens with zero attached hydrogens (tertiary/aromatic N) is 1. The van der Waals surface area contributed by atoms with E-state index in [4.69, 9.17) is 0 Å². The van der Waals surface area contributed by atoms with Crippen molar-refractivity contribution in [3.05, 3.63) is 46.9 Å². The fourth-order valence-corrected chi connectivity index (χ4v) is 1.90. The highest BCUT2D eigenvalue weighted by atomic mass is 79.9. The monoisotopic (exact) mass is 291 g/mol. The fourth-order valence-electron chi connectivity index (χ4n) is 1.50. The van der Waals surface area contributed by atoms with Crippen LogP contribution in [0, 0.1) is 0 Å². The minimum absolute atomic E-state index is 0.835. The molecule has 0 aliphatic heterocycles. The highest BCUT2D eigenvalue weighted by Crippen LogP contribution is 2.20. The van der Waals surface area contributed by atoms with Gasteiger partial charge in [0.25, 0.3) is 0 Å². The second-order valence-electron chi connectivity index (χ2n) is 3.57. The number of anilines is 3. The van der Waals surface area contributed by atoms with Gasteiger partial charge in [0.05, 0.1) is 0 Å². The van der Waals surface area contributed by atoms with Gasteiger partial charge in [0.15, 0.2) is 0 Å². The number of aromatic nitrogens is 1. The third kappa shape index (κ3) is 3.46. The van der Waals surface area contributed by atoms with Crippen molar-refractivity contribution in [2.75, 3.05) is 17.2 Å². The van der Waals surface area contributed by atoms with Crippen molar-refractivity contribution in [1.29, 1.82) is 0 Å². The van der Waals surface area contributed by atoms with Crippen LogP contribution in [0.15, 0.2) is 46.9 Å². The Bertz CT molecular complexity index is 500. The third-order valence-electron chi connectivity index (χ3n) is 2.20. The van der Waals surface area contributed by atoms with Gasteiger partial charge in [-0.05, 0) is 37.3 Å². The Morgan fingerprint density at radius 2 is 1.88 bits per heavy atom. The van der Waals surface area contributed by atoms with Gasteiger partial charge in [-0.15, -0.1) is 0 Å². The lowest BCUT2D eigenvalue weighted by atomic mass is 10.3. The maximum Gasteiger partial charge on any atom is 0.132 e. The Balaban J connectivity index is 2.15.